The summed E-state index contributed by atoms with van der Waals surface area (Å²) in [5, 5.41) is 4.00. The number of rotatable bonds is 3. The van der Waals surface area contributed by atoms with Gasteiger partial charge in [0.25, 0.3) is 5.91 Å². The number of aromatic nitrogens is 4. The van der Waals surface area contributed by atoms with E-state index in [0.29, 0.717) is 5.82 Å². The number of nitrogens with two attached hydrogens (primary N) is 2. The topological polar surface area (TPSA) is 125 Å². The Morgan fingerprint density at radius 1 is 1.53 bits per heavy atom. The molecule has 0 atom stereocenters. The second-order valence-corrected chi connectivity index (χ2v) is 3.35. The highest BCUT2D eigenvalue weighted by Gasteiger charge is 2.09. The lowest BCUT2D eigenvalue weighted by Crippen LogP contribution is -2.14. The van der Waals surface area contributed by atoms with E-state index in [-0.39, 0.29) is 11.6 Å². The Balaban J connectivity index is 2.47. The number of carbonyl (C=O) groups excluding carboxylic acids is 1. The third-order valence-electron chi connectivity index (χ3n) is 2.13. The SMILES string of the molecule is Cc1cnc(NN)nc1-n1ccc(C(N)=O)n1. The zero-order chi connectivity index (χ0) is 12.4. The van der Waals surface area contributed by atoms with Crippen LogP contribution in [0.5, 0.6) is 0 Å². The molecular weight excluding hydrogens is 222 g/mol. The zero-order valence-corrected chi connectivity index (χ0v) is 9.08. The molecule has 0 saturated heterocycles. The lowest BCUT2D eigenvalue weighted by molar-refractivity contribution is 0.0995. The van der Waals surface area contributed by atoms with Crippen molar-refractivity contribution in [2.45, 2.75) is 6.92 Å². The van der Waals surface area contributed by atoms with Crippen LogP contribution in [0.15, 0.2) is 18.5 Å². The largest absolute Gasteiger partial charge is 0.364 e. The van der Waals surface area contributed by atoms with Crippen molar-refractivity contribution < 1.29 is 4.79 Å². The molecule has 0 aromatic carbocycles. The number of hydrogen-bond donors (Lipinski definition) is 3. The van der Waals surface area contributed by atoms with E-state index in [2.05, 4.69) is 20.5 Å². The van der Waals surface area contributed by atoms with Gasteiger partial charge in [-0.1, -0.05) is 0 Å². The molecule has 5 N–H and O–H groups in total. The first-order valence-electron chi connectivity index (χ1n) is 4.78. The van der Waals surface area contributed by atoms with Crippen LogP contribution in [0.25, 0.3) is 5.82 Å². The summed E-state index contributed by atoms with van der Waals surface area (Å²) < 4.78 is 1.44. The third kappa shape index (κ3) is 2.06. The quantitative estimate of drug-likeness (QED) is 0.478. The molecule has 2 rings (SSSR count). The smallest absolute Gasteiger partial charge is 0.269 e. The monoisotopic (exact) mass is 233 g/mol. The van der Waals surface area contributed by atoms with E-state index in [1.165, 1.54) is 10.7 Å². The van der Waals surface area contributed by atoms with Gasteiger partial charge in [0.15, 0.2) is 5.82 Å². The molecule has 2 aromatic rings. The molecule has 0 spiro atoms. The van der Waals surface area contributed by atoms with Crippen LogP contribution in [0.4, 0.5) is 5.95 Å². The Bertz CT molecular complexity index is 562. The lowest BCUT2D eigenvalue weighted by Gasteiger charge is -2.05. The molecule has 88 valence electrons. The fourth-order valence-corrected chi connectivity index (χ4v) is 1.31. The molecule has 0 unspecified atom stereocenters. The highest BCUT2D eigenvalue weighted by molar-refractivity contribution is 5.90. The molecule has 0 bridgehead atoms. The van der Waals surface area contributed by atoms with E-state index in [1.807, 2.05) is 6.92 Å². The summed E-state index contributed by atoms with van der Waals surface area (Å²) in [6.07, 6.45) is 3.19. The summed E-state index contributed by atoms with van der Waals surface area (Å²) in [5.74, 6) is 5.43. The number of amides is 1. The molecule has 2 aromatic heterocycles. The summed E-state index contributed by atoms with van der Waals surface area (Å²) in [4.78, 5) is 19.0. The van der Waals surface area contributed by atoms with Crippen molar-refractivity contribution >= 4 is 11.9 Å². The number of anilines is 1. The van der Waals surface area contributed by atoms with Crippen LogP contribution in [0, 0.1) is 6.92 Å². The van der Waals surface area contributed by atoms with Crippen LogP contribution in [0.2, 0.25) is 0 Å². The van der Waals surface area contributed by atoms with Crippen molar-refractivity contribution in [2.24, 2.45) is 11.6 Å². The van der Waals surface area contributed by atoms with Gasteiger partial charge in [0, 0.05) is 18.0 Å². The maximum Gasteiger partial charge on any atom is 0.269 e. The summed E-state index contributed by atoms with van der Waals surface area (Å²) in [7, 11) is 0. The predicted molar refractivity (Wildman–Crippen MR) is 60.2 cm³/mol. The number of aryl methyl sites for hydroxylation is 1. The maximum absolute atomic E-state index is 10.9. The van der Waals surface area contributed by atoms with Crippen molar-refractivity contribution in [3.8, 4) is 5.82 Å². The van der Waals surface area contributed by atoms with Gasteiger partial charge in [-0.3, -0.25) is 10.2 Å². The molecule has 0 aliphatic heterocycles. The fraction of sp³-hybridized carbons (Fsp3) is 0.111. The van der Waals surface area contributed by atoms with Gasteiger partial charge in [0.1, 0.15) is 5.69 Å². The van der Waals surface area contributed by atoms with E-state index in [1.54, 1.807) is 12.4 Å². The number of carbonyl (C=O) groups is 1. The second-order valence-electron chi connectivity index (χ2n) is 3.35. The number of hydrogen-bond acceptors (Lipinski definition) is 6. The van der Waals surface area contributed by atoms with Crippen LogP contribution in [-0.4, -0.2) is 25.7 Å². The predicted octanol–water partition coefficient (Wildman–Crippen LogP) is -0.645. The van der Waals surface area contributed by atoms with Gasteiger partial charge >= 0.3 is 0 Å². The van der Waals surface area contributed by atoms with Gasteiger partial charge < -0.3 is 5.73 Å². The van der Waals surface area contributed by atoms with E-state index < -0.39 is 5.91 Å². The number of nitrogens with one attached hydrogen (secondary N) is 1. The standard InChI is InChI=1S/C9H11N7O/c1-5-4-12-9(14-11)13-8(5)16-3-2-6(15-16)7(10)17/h2-4H,11H2,1H3,(H2,10,17)(H,12,13,14). The van der Waals surface area contributed by atoms with Gasteiger partial charge in [0.05, 0.1) is 0 Å². The first-order chi connectivity index (χ1) is 8.11. The number of nitrogen functional groups attached to an aromatic ring is 1. The molecule has 0 radical (unpaired) electrons. The molecule has 1 amide bonds. The molecule has 8 heteroatoms. The first-order valence-corrected chi connectivity index (χ1v) is 4.78. The Kier molecular flexibility index (Phi) is 2.71. The average molecular weight is 233 g/mol. The molecular formula is C9H11N7O. The van der Waals surface area contributed by atoms with Gasteiger partial charge in [-0.2, -0.15) is 10.1 Å². The minimum absolute atomic E-state index is 0.172. The summed E-state index contributed by atoms with van der Waals surface area (Å²) in [6, 6.07) is 1.51. The van der Waals surface area contributed by atoms with E-state index in [0.717, 1.165) is 5.56 Å². The number of nitrogens with zero attached hydrogens (tertiary/aromatic N) is 4. The van der Waals surface area contributed by atoms with Crippen LogP contribution < -0.4 is 17.0 Å². The molecule has 0 saturated carbocycles. The van der Waals surface area contributed by atoms with Crippen molar-refractivity contribution in [3.05, 3.63) is 29.7 Å². The van der Waals surface area contributed by atoms with Crippen molar-refractivity contribution in [2.75, 3.05) is 5.43 Å². The second kappa shape index (κ2) is 4.18. The molecule has 2 heterocycles. The highest BCUT2D eigenvalue weighted by atomic mass is 16.1. The number of primary amides is 1. The van der Waals surface area contributed by atoms with E-state index >= 15 is 0 Å². The highest BCUT2D eigenvalue weighted by Crippen LogP contribution is 2.11. The fourth-order valence-electron chi connectivity index (χ4n) is 1.31. The summed E-state index contributed by atoms with van der Waals surface area (Å²) in [6.45, 7) is 1.82. The summed E-state index contributed by atoms with van der Waals surface area (Å²) >= 11 is 0. The minimum Gasteiger partial charge on any atom is -0.364 e. The molecule has 0 aliphatic carbocycles. The Hall–Kier alpha value is -2.48. The minimum atomic E-state index is -0.590. The zero-order valence-electron chi connectivity index (χ0n) is 9.08. The Labute approximate surface area is 96.6 Å². The van der Waals surface area contributed by atoms with Crippen LogP contribution in [-0.2, 0) is 0 Å². The first kappa shape index (κ1) is 11.0. The van der Waals surface area contributed by atoms with Gasteiger partial charge in [-0.25, -0.2) is 15.5 Å². The lowest BCUT2D eigenvalue weighted by atomic mass is 10.3. The van der Waals surface area contributed by atoms with Gasteiger partial charge in [-0.15, -0.1) is 0 Å². The van der Waals surface area contributed by atoms with Crippen molar-refractivity contribution in [1.82, 2.24) is 19.7 Å². The maximum atomic E-state index is 10.9. The van der Waals surface area contributed by atoms with Crippen molar-refractivity contribution in [1.29, 1.82) is 0 Å². The third-order valence-corrected chi connectivity index (χ3v) is 2.13. The number of hydrazine groups is 1. The van der Waals surface area contributed by atoms with Crippen molar-refractivity contribution in [3.63, 3.8) is 0 Å². The van der Waals surface area contributed by atoms with E-state index in [9.17, 15) is 4.79 Å². The van der Waals surface area contributed by atoms with E-state index in [4.69, 9.17) is 11.6 Å². The van der Waals surface area contributed by atoms with Crippen LogP contribution in [0.3, 0.4) is 0 Å². The molecule has 0 aliphatic rings. The molecule has 17 heavy (non-hydrogen) atoms. The van der Waals surface area contributed by atoms with Crippen LogP contribution in [0.1, 0.15) is 16.1 Å². The Morgan fingerprint density at radius 2 is 2.29 bits per heavy atom. The molecule has 8 nitrogen and oxygen atoms in total. The normalized spacial score (nSPS) is 10.2. The van der Waals surface area contributed by atoms with Gasteiger partial charge in [0.2, 0.25) is 5.95 Å². The average Bonchev–Trinajstić information content (AvgIpc) is 2.79. The van der Waals surface area contributed by atoms with Gasteiger partial charge in [-0.05, 0) is 13.0 Å². The molecule has 0 fully saturated rings. The summed E-state index contributed by atoms with van der Waals surface area (Å²) in [5.41, 5.74) is 8.42. The Morgan fingerprint density at radius 3 is 2.88 bits per heavy atom. The van der Waals surface area contributed by atoms with Crippen LogP contribution >= 0.6 is 0 Å².